The van der Waals surface area contributed by atoms with E-state index in [2.05, 4.69) is 26.6 Å². The molecule has 1 saturated heterocycles. The van der Waals surface area contributed by atoms with E-state index in [-0.39, 0.29) is 0 Å². The summed E-state index contributed by atoms with van der Waals surface area (Å²) >= 11 is 0. The summed E-state index contributed by atoms with van der Waals surface area (Å²) in [5.74, 6) is 0. The average molecular weight is 111 g/mol. The Kier molecular flexibility index (Phi) is 1.36. The summed E-state index contributed by atoms with van der Waals surface area (Å²) in [5, 5.41) is 0. The van der Waals surface area contributed by atoms with Crippen LogP contribution in [0.25, 0.3) is 0 Å². The minimum Gasteiger partial charge on any atom is -0.344 e. The molecule has 0 atom stereocenters. The van der Waals surface area contributed by atoms with Gasteiger partial charge in [-0.3, -0.25) is 0 Å². The second-order valence-corrected chi connectivity index (χ2v) is 3.34. The molecule has 0 spiro atoms. The van der Waals surface area contributed by atoms with Crippen molar-refractivity contribution in [3.63, 3.8) is 0 Å². The molecular weight excluding hydrogens is 96.9 g/mol. The Balaban J connectivity index is 2.54. The van der Waals surface area contributed by atoms with Crippen molar-refractivity contribution in [3.05, 3.63) is 0 Å². The molecule has 0 unspecified atom stereocenters. The number of hydrogen-bond acceptors (Lipinski definition) is 1. The SMILES string of the molecule is BN1CCCC1(C)C. The largest absolute Gasteiger partial charge is 0.344 e. The van der Waals surface area contributed by atoms with Gasteiger partial charge in [0.15, 0.2) is 7.98 Å². The van der Waals surface area contributed by atoms with Crippen LogP contribution < -0.4 is 0 Å². The lowest BCUT2D eigenvalue weighted by atomic mass is 10.00. The summed E-state index contributed by atoms with van der Waals surface area (Å²) in [6.45, 7) is 5.90. The van der Waals surface area contributed by atoms with Crippen LogP contribution in [0.1, 0.15) is 26.7 Å². The Bertz CT molecular complexity index is 90.5. The maximum absolute atomic E-state index is 2.42. The third-order valence-electron chi connectivity index (χ3n) is 2.32. The molecule has 46 valence electrons. The summed E-state index contributed by atoms with van der Waals surface area (Å²) in [7, 11) is 2.20. The Morgan fingerprint density at radius 3 is 2.25 bits per heavy atom. The van der Waals surface area contributed by atoms with E-state index < -0.39 is 0 Å². The summed E-state index contributed by atoms with van der Waals surface area (Å²) in [5.41, 5.74) is 0.486. The lowest BCUT2D eigenvalue weighted by molar-refractivity contribution is 0.306. The molecular formula is C6H14BN. The van der Waals surface area contributed by atoms with E-state index in [4.69, 9.17) is 0 Å². The van der Waals surface area contributed by atoms with Gasteiger partial charge in [-0.15, -0.1) is 0 Å². The van der Waals surface area contributed by atoms with E-state index in [1.807, 2.05) is 0 Å². The van der Waals surface area contributed by atoms with Crippen LogP contribution >= 0.6 is 0 Å². The van der Waals surface area contributed by atoms with Crippen molar-refractivity contribution in [2.75, 3.05) is 6.54 Å². The van der Waals surface area contributed by atoms with Gasteiger partial charge in [-0.1, -0.05) is 0 Å². The average Bonchev–Trinajstić information content (AvgIpc) is 1.86. The molecule has 0 aromatic heterocycles. The lowest BCUT2D eigenvalue weighted by Gasteiger charge is -2.27. The molecule has 8 heavy (non-hydrogen) atoms. The van der Waals surface area contributed by atoms with Gasteiger partial charge in [-0.05, 0) is 33.2 Å². The molecule has 0 bridgehead atoms. The standard InChI is InChI=1S/C6H14BN/c1-6(2)4-3-5-8(6)7/h3-5,7H2,1-2H3. The minimum absolute atomic E-state index is 0.486. The minimum atomic E-state index is 0.486. The van der Waals surface area contributed by atoms with E-state index in [0.29, 0.717) is 5.54 Å². The fraction of sp³-hybridized carbons (Fsp3) is 1.00. The Labute approximate surface area is 52.5 Å². The van der Waals surface area contributed by atoms with Gasteiger partial charge in [-0.2, -0.15) is 0 Å². The van der Waals surface area contributed by atoms with Crippen molar-refractivity contribution >= 4 is 7.98 Å². The highest BCUT2D eigenvalue weighted by Gasteiger charge is 2.27. The van der Waals surface area contributed by atoms with Crippen LogP contribution in [0.15, 0.2) is 0 Å². The van der Waals surface area contributed by atoms with E-state index in [1.54, 1.807) is 0 Å². The van der Waals surface area contributed by atoms with Crippen LogP contribution in [0.4, 0.5) is 0 Å². The van der Waals surface area contributed by atoms with Gasteiger partial charge in [0, 0.05) is 5.54 Å². The Morgan fingerprint density at radius 1 is 1.50 bits per heavy atom. The molecule has 0 aromatic rings. The van der Waals surface area contributed by atoms with Crippen LogP contribution in [0.2, 0.25) is 0 Å². The van der Waals surface area contributed by atoms with E-state index in [0.717, 1.165) is 0 Å². The molecule has 2 heteroatoms. The first-order chi connectivity index (χ1) is 3.63. The fourth-order valence-corrected chi connectivity index (χ4v) is 1.24. The second kappa shape index (κ2) is 1.76. The van der Waals surface area contributed by atoms with Crippen molar-refractivity contribution in [1.29, 1.82) is 0 Å². The third-order valence-corrected chi connectivity index (χ3v) is 2.32. The summed E-state index contributed by atoms with van der Waals surface area (Å²) in [4.78, 5) is 2.42. The zero-order chi connectivity index (χ0) is 6.20. The molecule has 0 aliphatic carbocycles. The first-order valence-electron chi connectivity index (χ1n) is 3.34. The topological polar surface area (TPSA) is 3.24 Å². The molecule has 0 saturated carbocycles. The van der Waals surface area contributed by atoms with Crippen LogP contribution in [0.5, 0.6) is 0 Å². The predicted octanol–water partition coefficient (Wildman–Crippen LogP) is 0.409. The van der Waals surface area contributed by atoms with Crippen LogP contribution in [-0.4, -0.2) is 24.9 Å². The van der Waals surface area contributed by atoms with Crippen molar-refractivity contribution in [3.8, 4) is 0 Å². The summed E-state index contributed by atoms with van der Waals surface area (Å²) < 4.78 is 0. The van der Waals surface area contributed by atoms with Gasteiger partial charge in [-0.25, -0.2) is 0 Å². The molecule has 0 aromatic carbocycles. The highest BCUT2D eigenvalue weighted by molar-refractivity contribution is 6.05. The van der Waals surface area contributed by atoms with Gasteiger partial charge in [0.05, 0.1) is 0 Å². The first-order valence-corrected chi connectivity index (χ1v) is 3.34. The smallest absolute Gasteiger partial charge is 0.186 e. The van der Waals surface area contributed by atoms with Crippen LogP contribution in [0.3, 0.4) is 0 Å². The molecule has 1 fully saturated rings. The zero-order valence-corrected chi connectivity index (χ0v) is 6.07. The van der Waals surface area contributed by atoms with Crippen molar-refractivity contribution in [2.45, 2.75) is 32.2 Å². The maximum Gasteiger partial charge on any atom is 0.186 e. The highest BCUT2D eigenvalue weighted by Crippen LogP contribution is 2.24. The second-order valence-electron chi connectivity index (χ2n) is 3.34. The molecule has 0 radical (unpaired) electrons. The highest BCUT2D eigenvalue weighted by atomic mass is 15.1. The Hall–Kier alpha value is 0.0249. The zero-order valence-electron chi connectivity index (χ0n) is 6.07. The molecule has 1 nitrogen and oxygen atoms in total. The fourth-order valence-electron chi connectivity index (χ4n) is 1.24. The number of hydrogen-bond donors (Lipinski definition) is 0. The molecule has 1 aliphatic heterocycles. The summed E-state index contributed by atoms with van der Waals surface area (Å²) in [6, 6.07) is 0. The van der Waals surface area contributed by atoms with Crippen molar-refractivity contribution in [1.82, 2.24) is 4.81 Å². The van der Waals surface area contributed by atoms with Crippen molar-refractivity contribution in [2.24, 2.45) is 0 Å². The Morgan fingerprint density at radius 2 is 2.12 bits per heavy atom. The molecule has 1 rings (SSSR count). The molecule has 1 aliphatic rings. The van der Waals surface area contributed by atoms with Crippen LogP contribution in [-0.2, 0) is 0 Å². The van der Waals surface area contributed by atoms with Gasteiger partial charge in [0.1, 0.15) is 0 Å². The third kappa shape index (κ3) is 0.897. The van der Waals surface area contributed by atoms with Crippen molar-refractivity contribution < 1.29 is 0 Å². The van der Waals surface area contributed by atoms with Gasteiger partial charge in [0.2, 0.25) is 0 Å². The normalized spacial score (nSPS) is 28.8. The van der Waals surface area contributed by atoms with Gasteiger partial charge >= 0.3 is 0 Å². The lowest BCUT2D eigenvalue weighted by Crippen LogP contribution is -2.35. The van der Waals surface area contributed by atoms with Gasteiger partial charge < -0.3 is 4.81 Å². The van der Waals surface area contributed by atoms with E-state index in [9.17, 15) is 0 Å². The maximum atomic E-state index is 2.42. The molecule has 0 N–H and O–H groups in total. The number of rotatable bonds is 0. The van der Waals surface area contributed by atoms with E-state index in [1.165, 1.54) is 19.4 Å². The number of nitrogens with zero attached hydrogens (tertiary/aromatic N) is 1. The van der Waals surface area contributed by atoms with Gasteiger partial charge in [0.25, 0.3) is 0 Å². The van der Waals surface area contributed by atoms with Crippen LogP contribution in [0, 0.1) is 0 Å². The predicted molar refractivity (Wildman–Crippen MR) is 38.6 cm³/mol. The molecule has 0 amide bonds. The quantitative estimate of drug-likeness (QED) is 0.409. The monoisotopic (exact) mass is 111 g/mol. The van der Waals surface area contributed by atoms with E-state index >= 15 is 0 Å². The first kappa shape index (κ1) is 6.15. The molecule has 1 heterocycles. The summed E-state index contributed by atoms with van der Waals surface area (Å²) in [6.07, 6.45) is 2.74.